The van der Waals surface area contributed by atoms with E-state index in [-0.39, 0.29) is 0 Å². The quantitative estimate of drug-likeness (QED) is 0.516. The lowest BCUT2D eigenvalue weighted by Gasteiger charge is -2.30. The largest absolute Gasteiger partial charge is 0.443 e. The van der Waals surface area contributed by atoms with Gasteiger partial charge in [-0.3, -0.25) is 4.90 Å². The summed E-state index contributed by atoms with van der Waals surface area (Å²) in [4.78, 5) is 12.6. The molecule has 0 spiro atoms. The van der Waals surface area contributed by atoms with Crippen LogP contribution in [0.3, 0.4) is 0 Å². The second-order valence-corrected chi connectivity index (χ2v) is 7.62. The number of thiophene rings is 1. The Labute approximate surface area is 160 Å². The molecule has 0 aromatic carbocycles. The minimum Gasteiger partial charge on any atom is -0.443 e. The van der Waals surface area contributed by atoms with Crippen LogP contribution in [-0.4, -0.2) is 47.6 Å². The van der Waals surface area contributed by atoms with Gasteiger partial charge in [0.15, 0.2) is 5.96 Å². The number of oxazole rings is 1. The number of nitrogens with one attached hydrogen (secondary N) is 2. The third-order valence-corrected chi connectivity index (χ3v) is 4.87. The molecule has 7 heteroatoms. The molecule has 0 aliphatic carbocycles. The van der Waals surface area contributed by atoms with Crippen molar-refractivity contribution in [2.24, 2.45) is 4.99 Å². The second-order valence-electron chi connectivity index (χ2n) is 6.67. The van der Waals surface area contributed by atoms with Gasteiger partial charge in [-0.15, -0.1) is 11.3 Å². The molecule has 2 N–H and O–H groups in total. The summed E-state index contributed by atoms with van der Waals surface area (Å²) in [5.74, 6) is 1.47. The van der Waals surface area contributed by atoms with E-state index in [0.717, 1.165) is 36.2 Å². The number of rotatable bonds is 9. The van der Waals surface area contributed by atoms with E-state index >= 15 is 0 Å². The third kappa shape index (κ3) is 6.14. The highest BCUT2D eigenvalue weighted by atomic mass is 32.1. The maximum absolute atomic E-state index is 5.55. The Kier molecular flexibility index (Phi) is 8.12. The van der Waals surface area contributed by atoms with Crippen molar-refractivity contribution in [1.29, 1.82) is 0 Å². The van der Waals surface area contributed by atoms with Gasteiger partial charge in [-0.2, -0.15) is 0 Å². The van der Waals surface area contributed by atoms with Crippen molar-refractivity contribution in [3.8, 4) is 10.8 Å². The summed E-state index contributed by atoms with van der Waals surface area (Å²) >= 11 is 1.62. The Hall–Kier alpha value is -1.86. The minimum atomic E-state index is 0.488. The van der Waals surface area contributed by atoms with E-state index in [9.17, 15) is 0 Å². The van der Waals surface area contributed by atoms with Gasteiger partial charge in [0.25, 0.3) is 0 Å². The molecule has 0 saturated carbocycles. The average molecular weight is 378 g/mol. The Bertz CT molecular complexity index is 655. The summed E-state index contributed by atoms with van der Waals surface area (Å²) in [6.07, 6.45) is 1.68. The van der Waals surface area contributed by atoms with Gasteiger partial charge in [0, 0.05) is 31.7 Å². The smallest absolute Gasteiger partial charge is 0.236 e. The lowest BCUT2D eigenvalue weighted by Crippen LogP contribution is -2.45. The van der Waals surface area contributed by atoms with E-state index in [1.54, 1.807) is 17.6 Å². The molecule has 26 heavy (non-hydrogen) atoms. The van der Waals surface area contributed by atoms with Gasteiger partial charge in [0.1, 0.15) is 12.0 Å². The summed E-state index contributed by atoms with van der Waals surface area (Å²) < 4.78 is 5.55. The van der Waals surface area contributed by atoms with Crippen LogP contribution in [0.2, 0.25) is 0 Å². The standard InChI is InChI=1S/C19H31N5OS/c1-6-20-19(21-9-10-24(14(2)3)15(4)5)22-12-16-13-25-18(23-16)17-8-7-11-26-17/h7-8,11,13-15H,6,9-10,12H2,1-5H3,(H2,20,21,22). The number of hydrogen-bond acceptors (Lipinski definition) is 5. The van der Waals surface area contributed by atoms with E-state index in [1.807, 2.05) is 17.5 Å². The van der Waals surface area contributed by atoms with Crippen molar-refractivity contribution in [2.45, 2.75) is 53.2 Å². The van der Waals surface area contributed by atoms with Crippen LogP contribution in [-0.2, 0) is 6.54 Å². The molecule has 0 amide bonds. The summed E-state index contributed by atoms with van der Waals surface area (Å²) in [6, 6.07) is 5.06. The molecule has 0 saturated heterocycles. The molecule has 0 aliphatic heterocycles. The van der Waals surface area contributed by atoms with Crippen LogP contribution in [0.15, 0.2) is 33.2 Å². The van der Waals surface area contributed by atoms with Gasteiger partial charge in [-0.1, -0.05) is 6.07 Å². The maximum atomic E-state index is 5.55. The van der Waals surface area contributed by atoms with Crippen LogP contribution in [0.5, 0.6) is 0 Å². The van der Waals surface area contributed by atoms with Gasteiger partial charge in [0.2, 0.25) is 5.89 Å². The second kappa shape index (κ2) is 10.3. The zero-order chi connectivity index (χ0) is 18.9. The predicted octanol–water partition coefficient (Wildman–Crippen LogP) is 3.58. The fraction of sp³-hybridized carbons (Fsp3) is 0.579. The molecule has 0 unspecified atom stereocenters. The Morgan fingerprint density at radius 1 is 1.27 bits per heavy atom. The topological polar surface area (TPSA) is 65.7 Å². The first kappa shape index (κ1) is 20.5. The van der Waals surface area contributed by atoms with Gasteiger partial charge in [-0.05, 0) is 46.1 Å². The van der Waals surface area contributed by atoms with Crippen LogP contribution >= 0.6 is 11.3 Å². The van der Waals surface area contributed by atoms with E-state index in [2.05, 4.69) is 60.1 Å². The summed E-state index contributed by atoms with van der Waals surface area (Å²) in [5.41, 5.74) is 0.830. The third-order valence-electron chi connectivity index (χ3n) is 4.02. The average Bonchev–Trinajstić information content (AvgIpc) is 3.26. The monoisotopic (exact) mass is 377 g/mol. The summed E-state index contributed by atoms with van der Waals surface area (Å²) in [7, 11) is 0. The number of hydrogen-bond donors (Lipinski definition) is 2. The number of nitrogens with zero attached hydrogens (tertiary/aromatic N) is 3. The number of guanidine groups is 1. The molecule has 0 aliphatic rings. The molecule has 0 fully saturated rings. The van der Waals surface area contributed by atoms with Crippen LogP contribution in [0, 0.1) is 0 Å². The van der Waals surface area contributed by atoms with Gasteiger partial charge in [0.05, 0.1) is 11.4 Å². The summed E-state index contributed by atoms with van der Waals surface area (Å²) in [5, 5.41) is 8.71. The van der Waals surface area contributed by atoms with Crippen LogP contribution in [0.1, 0.15) is 40.3 Å². The fourth-order valence-corrected chi connectivity index (χ4v) is 3.47. The van der Waals surface area contributed by atoms with Crippen molar-refractivity contribution in [2.75, 3.05) is 19.6 Å². The highest BCUT2D eigenvalue weighted by Gasteiger charge is 2.13. The van der Waals surface area contributed by atoms with Crippen molar-refractivity contribution >= 4 is 17.3 Å². The van der Waals surface area contributed by atoms with E-state index < -0.39 is 0 Å². The molecule has 2 aromatic rings. The van der Waals surface area contributed by atoms with Crippen molar-refractivity contribution in [3.63, 3.8) is 0 Å². The van der Waals surface area contributed by atoms with Crippen LogP contribution < -0.4 is 10.6 Å². The first-order valence-electron chi connectivity index (χ1n) is 9.27. The van der Waals surface area contributed by atoms with Crippen molar-refractivity contribution in [1.82, 2.24) is 20.5 Å². The minimum absolute atomic E-state index is 0.488. The Balaban J connectivity index is 1.90. The first-order chi connectivity index (χ1) is 12.5. The molecule has 6 nitrogen and oxygen atoms in total. The molecule has 2 heterocycles. The normalized spacial score (nSPS) is 12.4. The lowest BCUT2D eigenvalue weighted by atomic mass is 10.2. The van der Waals surface area contributed by atoms with E-state index in [0.29, 0.717) is 24.5 Å². The SMILES string of the molecule is CCNC(=NCc1coc(-c2cccs2)n1)NCCN(C(C)C)C(C)C. The van der Waals surface area contributed by atoms with Gasteiger partial charge >= 0.3 is 0 Å². The van der Waals surface area contributed by atoms with Crippen LogP contribution in [0.25, 0.3) is 10.8 Å². The van der Waals surface area contributed by atoms with E-state index in [1.165, 1.54) is 0 Å². The van der Waals surface area contributed by atoms with Gasteiger partial charge in [-0.25, -0.2) is 9.98 Å². The zero-order valence-electron chi connectivity index (χ0n) is 16.5. The zero-order valence-corrected chi connectivity index (χ0v) is 17.3. The molecule has 0 bridgehead atoms. The molecular weight excluding hydrogens is 346 g/mol. The lowest BCUT2D eigenvalue weighted by molar-refractivity contribution is 0.178. The predicted molar refractivity (Wildman–Crippen MR) is 110 cm³/mol. The first-order valence-corrected chi connectivity index (χ1v) is 10.2. The number of aromatic nitrogens is 1. The highest BCUT2D eigenvalue weighted by Crippen LogP contribution is 2.23. The molecule has 144 valence electrons. The molecule has 0 radical (unpaired) electrons. The maximum Gasteiger partial charge on any atom is 0.236 e. The summed E-state index contributed by atoms with van der Waals surface area (Å²) in [6.45, 7) is 14.1. The van der Waals surface area contributed by atoms with Crippen LogP contribution in [0.4, 0.5) is 0 Å². The van der Waals surface area contributed by atoms with Crippen molar-refractivity contribution in [3.05, 3.63) is 29.5 Å². The van der Waals surface area contributed by atoms with Gasteiger partial charge < -0.3 is 15.1 Å². The van der Waals surface area contributed by atoms with E-state index in [4.69, 9.17) is 4.42 Å². The van der Waals surface area contributed by atoms with Crippen molar-refractivity contribution < 1.29 is 4.42 Å². The fourth-order valence-electron chi connectivity index (χ4n) is 2.81. The Morgan fingerprint density at radius 2 is 2.04 bits per heavy atom. The molecule has 2 rings (SSSR count). The Morgan fingerprint density at radius 3 is 2.65 bits per heavy atom. The number of aliphatic imine (C=N–C) groups is 1. The highest BCUT2D eigenvalue weighted by molar-refractivity contribution is 7.13. The molecular formula is C19H31N5OS. The molecule has 2 aromatic heterocycles. The molecule has 0 atom stereocenters.